The second kappa shape index (κ2) is 3.52. The molecule has 0 saturated heterocycles. The molecular formula is C9H14N2S. The molecule has 3 heteroatoms. The van der Waals surface area contributed by atoms with Gasteiger partial charge in [0.05, 0.1) is 0 Å². The second-order valence-corrected chi connectivity index (χ2v) is 4.17. The van der Waals surface area contributed by atoms with Gasteiger partial charge in [-0.2, -0.15) is 5.10 Å². The van der Waals surface area contributed by atoms with E-state index in [4.69, 9.17) is 0 Å². The van der Waals surface area contributed by atoms with Crippen molar-refractivity contribution in [2.45, 2.75) is 36.6 Å². The van der Waals surface area contributed by atoms with E-state index < -0.39 is 0 Å². The van der Waals surface area contributed by atoms with Gasteiger partial charge >= 0.3 is 0 Å². The first-order valence-corrected chi connectivity index (χ1v) is 5.72. The fraction of sp³-hybridized carbons (Fsp3) is 0.667. The lowest BCUT2D eigenvalue weighted by Gasteiger charge is -2.03. The summed E-state index contributed by atoms with van der Waals surface area (Å²) in [5, 5.41) is 8.47. The molecule has 0 unspecified atom stereocenters. The van der Waals surface area contributed by atoms with E-state index in [1.54, 1.807) is 11.8 Å². The zero-order valence-electron chi connectivity index (χ0n) is 7.34. The first-order chi connectivity index (χ1) is 5.90. The van der Waals surface area contributed by atoms with Crippen LogP contribution in [0.1, 0.15) is 37.3 Å². The molecule has 66 valence electrons. The topological polar surface area (TPSA) is 28.7 Å². The summed E-state index contributed by atoms with van der Waals surface area (Å²) in [4.78, 5) is 0. The quantitative estimate of drug-likeness (QED) is 0.712. The number of nitrogens with one attached hydrogen (secondary N) is 1. The molecule has 1 fully saturated rings. The van der Waals surface area contributed by atoms with E-state index >= 15 is 0 Å². The average molecular weight is 182 g/mol. The van der Waals surface area contributed by atoms with Gasteiger partial charge in [-0.05, 0) is 25.2 Å². The Morgan fingerprint density at radius 1 is 1.50 bits per heavy atom. The van der Waals surface area contributed by atoms with Crippen LogP contribution in [0.3, 0.4) is 0 Å². The molecule has 1 aliphatic carbocycles. The monoisotopic (exact) mass is 182 g/mol. The Kier molecular flexibility index (Phi) is 2.40. The van der Waals surface area contributed by atoms with Crippen LogP contribution < -0.4 is 0 Å². The van der Waals surface area contributed by atoms with Gasteiger partial charge in [-0.1, -0.05) is 12.8 Å². The molecule has 0 amide bonds. The van der Waals surface area contributed by atoms with Gasteiger partial charge in [0.25, 0.3) is 0 Å². The molecule has 1 aliphatic rings. The summed E-state index contributed by atoms with van der Waals surface area (Å²) in [5.41, 5.74) is 1.34. The largest absolute Gasteiger partial charge is 0.281 e. The van der Waals surface area contributed by atoms with Gasteiger partial charge in [-0.15, -0.1) is 11.8 Å². The van der Waals surface area contributed by atoms with E-state index in [1.807, 2.05) is 0 Å². The van der Waals surface area contributed by atoms with E-state index in [1.165, 1.54) is 31.4 Å². The summed E-state index contributed by atoms with van der Waals surface area (Å²) in [6.07, 6.45) is 7.53. The summed E-state index contributed by atoms with van der Waals surface area (Å²) in [5.74, 6) is 0.762. The number of hydrogen-bond acceptors (Lipinski definition) is 2. The standard InChI is InChI=1S/C9H14N2S/c1-12-9-6-8(10-11-9)7-4-2-3-5-7/h6-7H,2-5H2,1H3,(H,10,11). The predicted molar refractivity (Wildman–Crippen MR) is 51.6 cm³/mol. The van der Waals surface area contributed by atoms with E-state index in [2.05, 4.69) is 22.5 Å². The van der Waals surface area contributed by atoms with Crippen molar-refractivity contribution in [3.8, 4) is 0 Å². The summed E-state index contributed by atoms with van der Waals surface area (Å²) < 4.78 is 0. The average Bonchev–Trinajstić information content (AvgIpc) is 2.75. The molecule has 0 atom stereocenters. The van der Waals surface area contributed by atoms with E-state index in [-0.39, 0.29) is 0 Å². The van der Waals surface area contributed by atoms with Crippen LogP contribution in [-0.4, -0.2) is 16.5 Å². The number of aromatic amines is 1. The highest BCUT2D eigenvalue weighted by Gasteiger charge is 2.18. The molecule has 1 aromatic heterocycles. The number of H-pyrrole nitrogens is 1. The van der Waals surface area contributed by atoms with Crippen molar-refractivity contribution < 1.29 is 0 Å². The molecule has 0 aromatic carbocycles. The highest BCUT2D eigenvalue weighted by molar-refractivity contribution is 7.98. The van der Waals surface area contributed by atoms with Crippen molar-refractivity contribution in [1.29, 1.82) is 0 Å². The SMILES string of the molecule is CSc1cc(C2CCCC2)[nH]n1. The first-order valence-electron chi connectivity index (χ1n) is 4.49. The number of thioether (sulfide) groups is 1. The second-order valence-electron chi connectivity index (χ2n) is 3.35. The lowest BCUT2D eigenvalue weighted by molar-refractivity contribution is 0.692. The molecule has 1 saturated carbocycles. The maximum Gasteiger partial charge on any atom is 0.118 e. The summed E-state index contributed by atoms with van der Waals surface area (Å²) in [6.45, 7) is 0. The van der Waals surface area contributed by atoms with Crippen LogP contribution in [0.5, 0.6) is 0 Å². The van der Waals surface area contributed by atoms with Crippen LogP contribution in [0.25, 0.3) is 0 Å². The molecule has 12 heavy (non-hydrogen) atoms. The van der Waals surface area contributed by atoms with Crippen LogP contribution in [0.4, 0.5) is 0 Å². The number of hydrogen-bond donors (Lipinski definition) is 1. The molecule has 2 nitrogen and oxygen atoms in total. The van der Waals surface area contributed by atoms with Gasteiger partial charge in [0, 0.05) is 11.6 Å². The molecule has 0 bridgehead atoms. The van der Waals surface area contributed by atoms with Crippen molar-refractivity contribution in [3.05, 3.63) is 11.8 Å². The van der Waals surface area contributed by atoms with Crippen molar-refractivity contribution in [1.82, 2.24) is 10.2 Å². The fourth-order valence-corrected chi connectivity index (χ4v) is 2.25. The van der Waals surface area contributed by atoms with Crippen LogP contribution >= 0.6 is 11.8 Å². The molecule has 1 N–H and O–H groups in total. The summed E-state index contributed by atoms with van der Waals surface area (Å²) >= 11 is 1.71. The minimum absolute atomic E-state index is 0.762. The van der Waals surface area contributed by atoms with Crippen molar-refractivity contribution >= 4 is 11.8 Å². The van der Waals surface area contributed by atoms with Gasteiger partial charge < -0.3 is 0 Å². The maximum absolute atomic E-state index is 4.22. The van der Waals surface area contributed by atoms with E-state index in [0.29, 0.717) is 0 Å². The fourth-order valence-electron chi connectivity index (χ4n) is 1.87. The Labute approximate surface area is 77.1 Å². The number of rotatable bonds is 2. The zero-order valence-corrected chi connectivity index (χ0v) is 8.16. The van der Waals surface area contributed by atoms with Crippen molar-refractivity contribution in [2.24, 2.45) is 0 Å². The first kappa shape index (κ1) is 8.17. The number of nitrogens with zero attached hydrogens (tertiary/aromatic N) is 1. The highest BCUT2D eigenvalue weighted by Crippen LogP contribution is 2.33. The van der Waals surface area contributed by atoms with Gasteiger partial charge in [0.1, 0.15) is 5.03 Å². The van der Waals surface area contributed by atoms with Gasteiger partial charge in [-0.3, -0.25) is 5.10 Å². The van der Waals surface area contributed by atoms with Gasteiger partial charge in [-0.25, -0.2) is 0 Å². The highest BCUT2D eigenvalue weighted by atomic mass is 32.2. The predicted octanol–water partition coefficient (Wildman–Crippen LogP) is 2.79. The Morgan fingerprint density at radius 2 is 2.25 bits per heavy atom. The molecular weight excluding hydrogens is 168 g/mol. The molecule has 1 heterocycles. The summed E-state index contributed by atoms with van der Waals surface area (Å²) in [7, 11) is 0. The molecule has 0 radical (unpaired) electrons. The van der Waals surface area contributed by atoms with Crippen molar-refractivity contribution in [2.75, 3.05) is 6.26 Å². The minimum atomic E-state index is 0.762. The Morgan fingerprint density at radius 3 is 2.83 bits per heavy atom. The van der Waals surface area contributed by atoms with E-state index in [9.17, 15) is 0 Å². The molecule has 0 spiro atoms. The van der Waals surface area contributed by atoms with Crippen LogP contribution in [-0.2, 0) is 0 Å². The Hall–Kier alpha value is -0.440. The third-order valence-electron chi connectivity index (χ3n) is 2.58. The third-order valence-corrected chi connectivity index (χ3v) is 3.21. The van der Waals surface area contributed by atoms with Gasteiger partial charge in [0.2, 0.25) is 0 Å². The van der Waals surface area contributed by atoms with E-state index in [0.717, 1.165) is 10.9 Å². The van der Waals surface area contributed by atoms with Gasteiger partial charge in [0.15, 0.2) is 0 Å². The smallest absolute Gasteiger partial charge is 0.118 e. The Balaban J connectivity index is 2.11. The number of aromatic nitrogens is 2. The maximum atomic E-state index is 4.22. The van der Waals surface area contributed by atoms with Crippen LogP contribution in [0.2, 0.25) is 0 Å². The van der Waals surface area contributed by atoms with Crippen LogP contribution in [0, 0.1) is 0 Å². The lowest BCUT2D eigenvalue weighted by atomic mass is 10.1. The zero-order chi connectivity index (χ0) is 8.39. The summed E-state index contributed by atoms with van der Waals surface area (Å²) in [6, 6.07) is 2.20. The molecule has 0 aliphatic heterocycles. The van der Waals surface area contributed by atoms with Crippen LogP contribution in [0.15, 0.2) is 11.1 Å². The molecule has 2 rings (SSSR count). The Bertz CT molecular complexity index is 251. The van der Waals surface area contributed by atoms with Crippen molar-refractivity contribution in [3.63, 3.8) is 0 Å². The normalized spacial score (nSPS) is 18.8. The minimum Gasteiger partial charge on any atom is -0.281 e. The lowest BCUT2D eigenvalue weighted by Crippen LogP contribution is -1.91. The third kappa shape index (κ3) is 1.51. The molecule has 1 aromatic rings.